The minimum absolute atomic E-state index is 0.0825. The van der Waals surface area contributed by atoms with E-state index in [4.69, 9.17) is 23.2 Å². The smallest absolute Gasteiger partial charge is 0.259 e. The molecule has 2 aliphatic rings. The molecular weight excluding hydrogens is 569 g/mol. The number of hydrogen-bond donors (Lipinski definition) is 1. The zero-order valence-electron chi connectivity index (χ0n) is 23.1. The molecule has 42 heavy (non-hydrogen) atoms. The lowest BCUT2D eigenvalue weighted by Gasteiger charge is -2.33. The first kappa shape index (κ1) is 28.3. The molecule has 1 N–H and O–H groups in total. The average Bonchev–Trinajstić information content (AvgIpc) is 3.60. The standard InChI is InChI=1S/C34H31Cl2N3O3/c35-25-17-16-24(28(36)19-25)20-38(30(18-22-8-2-1-3-9-22)33(41)37-26-12-4-5-13-26)31(40)21-39-29-15-7-11-23-10-6-14-27(32(23)29)34(39)42/h1-3,6-11,14-17,19,26,30H,4-5,12-13,18,20-21H2,(H,37,41)/t30-/m0/s1. The van der Waals surface area contributed by atoms with Gasteiger partial charge in [-0.05, 0) is 53.6 Å². The molecule has 3 amide bonds. The summed E-state index contributed by atoms with van der Waals surface area (Å²) in [7, 11) is 0. The number of halogens is 2. The molecule has 0 unspecified atom stereocenters. The fourth-order valence-electron chi connectivity index (χ4n) is 6.12. The van der Waals surface area contributed by atoms with E-state index in [1.165, 1.54) is 4.90 Å². The lowest BCUT2D eigenvalue weighted by molar-refractivity contribution is -0.140. The lowest BCUT2D eigenvalue weighted by Crippen LogP contribution is -2.54. The van der Waals surface area contributed by atoms with Crippen molar-refractivity contribution in [3.05, 3.63) is 112 Å². The molecule has 0 aromatic heterocycles. The summed E-state index contributed by atoms with van der Waals surface area (Å²) >= 11 is 12.8. The molecule has 0 spiro atoms. The van der Waals surface area contributed by atoms with Crippen LogP contribution >= 0.6 is 23.2 Å². The van der Waals surface area contributed by atoms with Crippen molar-refractivity contribution in [2.75, 3.05) is 11.4 Å². The first-order valence-electron chi connectivity index (χ1n) is 14.3. The highest BCUT2D eigenvalue weighted by Crippen LogP contribution is 2.37. The summed E-state index contributed by atoms with van der Waals surface area (Å²) < 4.78 is 0. The predicted molar refractivity (Wildman–Crippen MR) is 167 cm³/mol. The van der Waals surface area contributed by atoms with Gasteiger partial charge in [0.05, 0.1) is 5.69 Å². The van der Waals surface area contributed by atoms with Gasteiger partial charge in [0.15, 0.2) is 0 Å². The highest BCUT2D eigenvalue weighted by molar-refractivity contribution is 6.35. The van der Waals surface area contributed by atoms with Gasteiger partial charge in [0.1, 0.15) is 12.6 Å². The first-order valence-corrected chi connectivity index (χ1v) is 15.1. The molecule has 4 aromatic carbocycles. The Bertz CT molecular complexity index is 1650. The Balaban J connectivity index is 1.36. The van der Waals surface area contributed by atoms with Crippen LogP contribution in [0.25, 0.3) is 10.8 Å². The maximum atomic E-state index is 14.4. The molecule has 1 atom stereocenters. The quantitative estimate of drug-likeness (QED) is 0.230. The molecule has 0 radical (unpaired) electrons. The molecule has 8 heteroatoms. The van der Waals surface area contributed by atoms with Crippen molar-refractivity contribution in [2.24, 2.45) is 0 Å². The molecule has 4 aromatic rings. The van der Waals surface area contributed by atoms with Crippen molar-refractivity contribution < 1.29 is 14.4 Å². The fourth-order valence-corrected chi connectivity index (χ4v) is 6.59. The normalized spacial score (nSPS) is 15.3. The Kier molecular flexibility index (Phi) is 8.18. The van der Waals surface area contributed by atoms with E-state index in [-0.39, 0.29) is 36.9 Å². The van der Waals surface area contributed by atoms with Crippen LogP contribution < -0.4 is 10.2 Å². The zero-order chi connectivity index (χ0) is 29.2. The van der Waals surface area contributed by atoms with E-state index in [9.17, 15) is 14.4 Å². The van der Waals surface area contributed by atoms with Crippen molar-refractivity contribution in [2.45, 2.75) is 50.7 Å². The topological polar surface area (TPSA) is 69.7 Å². The van der Waals surface area contributed by atoms with Crippen LogP contribution in [0, 0.1) is 0 Å². The van der Waals surface area contributed by atoms with Crippen LogP contribution in [0.15, 0.2) is 84.9 Å². The van der Waals surface area contributed by atoms with Crippen molar-refractivity contribution in [3.8, 4) is 0 Å². The summed E-state index contributed by atoms with van der Waals surface area (Å²) in [4.78, 5) is 45.0. The van der Waals surface area contributed by atoms with Crippen molar-refractivity contribution in [1.82, 2.24) is 10.2 Å². The van der Waals surface area contributed by atoms with Crippen LogP contribution in [-0.2, 0) is 22.6 Å². The van der Waals surface area contributed by atoms with Gasteiger partial charge in [-0.2, -0.15) is 0 Å². The van der Waals surface area contributed by atoms with Crippen LogP contribution in [0.1, 0.15) is 47.2 Å². The predicted octanol–water partition coefficient (Wildman–Crippen LogP) is 6.81. The van der Waals surface area contributed by atoms with E-state index < -0.39 is 6.04 Å². The Hall–Kier alpha value is -3.87. The number of benzene rings is 4. The summed E-state index contributed by atoms with van der Waals surface area (Å²) in [5.74, 6) is -0.779. The van der Waals surface area contributed by atoms with Crippen LogP contribution in [0.4, 0.5) is 5.69 Å². The van der Waals surface area contributed by atoms with Crippen LogP contribution in [0.3, 0.4) is 0 Å². The van der Waals surface area contributed by atoms with Gasteiger partial charge in [-0.15, -0.1) is 0 Å². The van der Waals surface area contributed by atoms with E-state index >= 15 is 0 Å². The number of hydrogen-bond acceptors (Lipinski definition) is 3. The van der Waals surface area contributed by atoms with Gasteiger partial charge in [-0.25, -0.2) is 0 Å². The third-order valence-corrected chi connectivity index (χ3v) is 8.86. The maximum Gasteiger partial charge on any atom is 0.259 e. The number of nitrogens with one attached hydrogen (secondary N) is 1. The molecule has 6 rings (SSSR count). The number of carbonyl (C=O) groups is 3. The molecule has 214 valence electrons. The molecule has 0 saturated heterocycles. The number of carbonyl (C=O) groups excluding carboxylic acids is 3. The third-order valence-electron chi connectivity index (χ3n) is 8.27. The number of amides is 3. The van der Waals surface area contributed by atoms with Crippen molar-refractivity contribution >= 4 is 57.4 Å². The number of nitrogens with zero attached hydrogens (tertiary/aromatic N) is 2. The van der Waals surface area contributed by atoms with E-state index in [0.29, 0.717) is 33.3 Å². The van der Waals surface area contributed by atoms with Gasteiger partial charge in [0.25, 0.3) is 5.91 Å². The lowest BCUT2D eigenvalue weighted by atomic mass is 10.0. The minimum Gasteiger partial charge on any atom is -0.352 e. The van der Waals surface area contributed by atoms with Crippen LogP contribution in [-0.4, -0.2) is 41.2 Å². The largest absolute Gasteiger partial charge is 0.352 e. The van der Waals surface area contributed by atoms with Crippen LogP contribution in [0.2, 0.25) is 10.0 Å². The van der Waals surface area contributed by atoms with Gasteiger partial charge in [0.2, 0.25) is 11.8 Å². The SMILES string of the molecule is O=C(NC1CCCC1)[C@H](Cc1ccccc1)N(Cc1ccc(Cl)cc1Cl)C(=O)CN1C(=O)c2cccc3cccc1c23. The van der Waals surface area contributed by atoms with Gasteiger partial charge in [-0.3, -0.25) is 19.3 Å². The molecule has 1 fully saturated rings. The average molecular weight is 601 g/mol. The third kappa shape index (κ3) is 5.74. The van der Waals surface area contributed by atoms with E-state index in [1.807, 2.05) is 60.7 Å². The first-order chi connectivity index (χ1) is 20.4. The molecule has 6 nitrogen and oxygen atoms in total. The van der Waals surface area contributed by atoms with E-state index in [0.717, 1.165) is 42.0 Å². The molecule has 1 saturated carbocycles. The number of anilines is 1. The van der Waals surface area contributed by atoms with Gasteiger partial charge >= 0.3 is 0 Å². The van der Waals surface area contributed by atoms with Crippen molar-refractivity contribution in [1.29, 1.82) is 0 Å². The summed E-state index contributed by atoms with van der Waals surface area (Å²) in [6.07, 6.45) is 4.30. The molecule has 0 bridgehead atoms. The Morgan fingerprint density at radius 1 is 0.929 bits per heavy atom. The maximum absolute atomic E-state index is 14.4. The molecule has 1 aliphatic heterocycles. The van der Waals surface area contributed by atoms with E-state index in [1.54, 1.807) is 29.2 Å². The van der Waals surface area contributed by atoms with Gasteiger partial charge in [0, 0.05) is 40.0 Å². The molecular formula is C34H31Cl2N3O3. The second-order valence-electron chi connectivity index (χ2n) is 11.0. The summed E-state index contributed by atoms with van der Waals surface area (Å²) in [6.45, 7) is -0.122. The van der Waals surface area contributed by atoms with Crippen LogP contribution in [0.5, 0.6) is 0 Å². The van der Waals surface area contributed by atoms with Gasteiger partial charge in [-0.1, -0.05) is 96.7 Å². The Labute approximate surface area is 255 Å². The summed E-state index contributed by atoms with van der Waals surface area (Å²) in [5, 5.41) is 5.88. The summed E-state index contributed by atoms with van der Waals surface area (Å²) in [5.41, 5.74) is 2.86. The summed E-state index contributed by atoms with van der Waals surface area (Å²) in [6, 6.07) is 25.4. The monoisotopic (exact) mass is 599 g/mol. The highest BCUT2D eigenvalue weighted by atomic mass is 35.5. The Morgan fingerprint density at radius 3 is 2.40 bits per heavy atom. The van der Waals surface area contributed by atoms with E-state index in [2.05, 4.69) is 5.32 Å². The molecule has 1 heterocycles. The number of rotatable bonds is 9. The highest BCUT2D eigenvalue weighted by Gasteiger charge is 2.36. The Morgan fingerprint density at radius 2 is 1.67 bits per heavy atom. The minimum atomic E-state index is -0.817. The fraction of sp³-hybridized carbons (Fsp3) is 0.265. The zero-order valence-corrected chi connectivity index (χ0v) is 24.6. The second kappa shape index (κ2) is 12.2. The second-order valence-corrected chi connectivity index (χ2v) is 11.9. The molecule has 1 aliphatic carbocycles. The van der Waals surface area contributed by atoms with Crippen molar-refractivity contribution in [3.63, 3.8) is 0 Å². The van der Waals surface area contributed by atoms with Gasteiger partial charge < -0.3 is 10.2 Å².